The molecule has 9 aromatic carbocycles. The normalized spacial score (nSPS) is 12.7. The van der Waals surface area contributed by atoms with Crippen LogP contribution in [0.4, 0.5) is 0 Å². The van der Waals surface area contributed by atoms with E-state index >= 15 is 0 Å². The molecule has 0 fully saturated rings. The number of rotatable bonds is 5. The number of hydrogen-bond donors (Lipinski definition) is 0. The van der Waals surface area contributed by atoms with Crippen molar-refractivity contribution in [2.45, 2.75) is 59.8 Å². The number of hydrogen-bond acceptors (Lipinski definition) is 0. The Hall–Kier alpha value is -6.24. The van der Waals surface area contributed by atoms with Gasteiger partial charge in [-0.15, -0.1) is 0 Å². The first-order valence-corrected chi connectivity index (χ1v) is 20.7. The highest BCUT2D eigenvalue weighted by atomic mass is 14.4. The topological polar surface area (TPSA) is 0 Å². The van der Waals surface area contributed by atoms with Crippen LogP contribution in [0, 0.1) is 13.8 Å². The molecule has 0 aromatic heterocycles. The summed E-state index contributed by atoms with van der Waals surface area (Å²) in [5, 5.41) is 7.76. The molecular weight excluding hydrogens is 685 g/mol. The van der Waals surface area contributed by atoms with Gasteiger partial charge in [0.25, 0.3) is 0 Å². The van der Waals surface area contributed by atoms with Gasteiger partial charge in [0.2, 0.25) is 0 Å². The maximum absolute atomic E-state index is 2.40. The van der Waals surface area contributed by atoms with Crippen LogP contribution in [0.1, 0.15) is 62.8 Å². The maximum atomic E-state index is 2.40. The predicted octanol–water partition coefficient (Wildman–Crippen LogP) is 16.5. The summed E-state index contributed by atoms with van der Waals surface area (Å²) in [4.78, 5) is 0. The van der Waals surface area contributed by atoms with Crippen molar-refractivity contribution in [3.63, 3.8) is 0 Å². The maximum Gasteiger partial charge on any atom is 0.0171 e. The Bertz CT molecular complexity index is 2900. The smallest absolute Gasteiger partial charge is 0.0171 e. The van der Waals surface area contributed by atoms with E-state index in [4.69, 9.17) is 0 Å². The Morgan fingerprint density at radius 1 is 0.351 bits per heavy atom. The lowest BCUT2D eigenvalue weighted by Gasteiger charge is -2.26. The fourth-order valence-electron chi connectivity index (χ4n) is 9.49. The van der Waals surface area contributed by atoms with Crippen LogP contribution in [0.5, 0.6) is 0 Å². The average molecular weight is 735 g/mol. The summed E-state index contributed by atoms with van der Waals surface area (Å²) >= 11 is 0. The second-order valence-electron chi connectivity index (χ2n) is 16.3. The lowest BCUT2D eigenvalue weighted by atomic mass is 9.77. The van der Waals surface area contributed by atoms with Crippen LogP contribution >= 0.6 is 0 Å². The largest absolute Gasteiger partial charge is 0.0654 e. The first-order chi connectivity index (χ1) is 27.8. The van der Waals surface area contributed by atoms with E-state index in [1.54, 1.807) is 0 Å². The van der Waals surface area contributed by atoms with Crippen molar-refractivity contribution >= 4 is 32.3 Å². The van der Waals surface area contributed by atoms with Crippen LogP contribution in [-0.4, -0.2) is 0 Å². The molecule has 0 heteroatoms. The zero-order valence-electron chi connectivity index (χ0n) is 34.1. The molecule has 0 nitrogen and oxygen atoms in total. The molecule has 0 aliphatic heterocycles. The van der Waals surface area contributed by atoms with Gasteiger partial charge < -0.3 is 0 Å². The SMILES string of the molecule is CCCC.Cc1ccccc1-c1cc(-c2c3ccccc3c(-c3ccc(-c4cccc5c4C(C)(C)c4c-5ccc5ccccc45)cc3)c3ccccc23)ccc1C. The van der Waals surface area contributed by atoms with E-state index in [2.05, 4.69) is 211 Å². The number of fused-ring (bicyclic) bond motifs is 7. The zero-order valence-corrected chi connectivity index (χ0v) is 34.1. The molecule has 1 aliphatic rings. The van der Waals surface area contributed by atoms with Gasteiger partial charge in [-0.25, -0.2) is 0 Å². The van der Waals surface area contributed by atoms with Gasteiger partial charge in [0, 0.05) is 5.41 Å². The van der Waals surface area contributed by atoms with Crippen molar-refractivity contribution in [1.29, 1.82) is 0 Å². The fraction of sp³-hybridized carbons (Fsp3) is 0.158. The molecular formula is C57H50. The van der Waals surface area contributed by atoms with Gasteiger partial charge >= 0.3 is 0 Å². The van der Waals surface area contributed by atoms with E-state index < -0.39 is 0 Å². The molecule has 0 spiro atoms. The van der Waals surface area contributed by atoms with Crippen molar-refractivity contribution in [2.24, 2.45) is 0 Å². The first-order valence-electron chi connectivity index (χ1n) is 20.7. The van der Waals surface area contributed by atoms with Gasteiger partial charge in [-0.1, -0.05) is 204 Å². The van der Waals surface area contributed by atoms with Crippen LogP contribution < -0.4 is 0 Å². The Kier molecular flexibility index (Phi) is 9.38. The first kappa shape index (κ1) is 36.4. The summed E-state index contributed by atoms with van der Waals surface area (Å²) in [6.07, 6.45) is 2.64. The molecule has 0 bridgehead atoms. The van der Waals surface area contributed by atoms with Crippen molar-refractivity contribution in [2.75, 3.05) is 0 Å². The van der Waals surface area contributed by atoms with Crippen LogP contribution in [0.25, 0.3) is 88.0 Å². The molecule has 0 radical (unpaired) electrons. The zero-order chi connectivity index (χ0) is 39.3. The molecule has 0 saturated carbocycles. The molecule has 0 amide bonds. The van der Waals surface area contributed by atoms with Gasteiger partial charge in [-0.05, 0) is 130 Å². The lowest BCUT2D eigenvalue weighted by molar-refractivity contribution is 0.668. The fourth-order valence-corrected chi connectivity index (χ4v) is 9.49. The number of unbranched alkanes of at least 4 members (excludes halogenated alkanes) is 1. The van der Waals surface area contributed by atoms with Crippen LogP contribution in [0.2, 0.25) is 0 Å². The highest BCUT2D eigenvalue weighted by Gasteiger charge is 2.38. The van der Waals surface area contributed by atoms with Gasteiger partial charge in [0.1, 0.15) is 0 Å². The van der Waals surface area contributed by atoms with E-state index in [1.807, 2.05) is 0 Å². The minimum atomic E-state index is -0.127. The molecule has 0 unspecified atom stereocenters. The minimum Gasteiger partial charge on any atom is -0.0654 e. The second kappa shape index (κ2) is 14.7. The van der Waals surface area contributed by atoms with Crippen LogP contribution in [0.3, 0.4) is 0 Å². The van der Waals surface area contributed by atoms with Crippen LogP contribution in [-0.2, 0) is 5.41 Å². The molecule has 278 valence electrons. The second-order valence-corrected chi connectivity index (χ2v) is 16.3. The summed E-state index contributed by atoms with van der Waals surface area (Å²) in [6.45, 7) is 13.6. The van der Waals surface area contributed by atoms with Gasteiger partial charge in [0.05, 0.1) is 0 Å². The van der Waals surface area contributed by atoms with Crippen molar-refractivity contribution in [1.82, 2.24) is 0 Å². The van der Waals surface area contributed by atoms with Gasteiger partial charge in [-0.2, -0.15) is 0 Å². The Morgan fingerprint density at radius 3 is 1.46 bits per heavy atom. The molecule has 10 rings (SSSR count). The minimum absolute atomic E-state index is 0.127. The van der Waals surface area contributed by atoms with Crippen molar-refractivity contribution < 1.29 is 0 Å². The molecule has 57 heavy (non-hydrogen) atoms. The third-order valence-corrected chi connectivity index (χ3v) is 12.4. The highest BCUT2D eigenvalue weighted by molar-refractivity contribution is 6.21. The van der Waals surface area contributed by atoms with E-state index in [9.17, 15) is 0 Å². The molecule has 0 heterocycles. The number of aryl methyl sites for hydroxylation is 2. The molecule has 9 aromatic rings. The molecule has 0 saturated heterocycles. The van der Waals surface area contributed by atoms with Crippen LogP contribution in [0.15, 0.2) is 170 Å². The summed E-state index contributed by atoms with van der Waals surface area (Å²) in [6, 6.07) is 63.4. The van der Waals surface area contributed by atoms with Gasteiger partial charge in [-0.3, -0.25) is 0 Å². The lowest BCUT2D eigenvalue weighted by Crippen LogP contribution is -2.16. The van der Waals surface area contributed by atoms with Crippen molar-refractivity contribution in [3.8, 4) is 55.6 Å². The standard InChI is InChI=1S/C53H40.C4H10/c1-33-14-5-7-16-39(33)48-32-38(25-24-34(48)2)50-44-20-11-9-18-42(44)49(43-19-10-12-21-45(43)50)37-28-26-36(27-29-37)41-22-13-23-46-47-31-30-35-15-6-8-17-40(35)52(47)53(3,4)51(41)46;1-3-4-2/h5-32H,1-4H3;3-4H2,1-2H3. The quantitative estimate of drug-likeness (QED) is 0.154. The molecule has 0 atom stereocenters. The van der Waals surface area contributed by atoms with E-state index in [1.165, 1.54) is 123 Å². The molecule has 0 N–H and O–H groups in total. The van der Waals surface area contributed by atoms with Crippen molar-refractivity contribution in [3.05, 3.63) is 192 Å². The van der Waals surface area contributed by atoms with Gasteiger partial charge in [0.15, 0.2) is 0 Å². The average Bonchev–Trinajstić information content (AvgIpc) is 3.50. The van der Waals surface area contributed by atoms with E-state index in [0.29, 0.717) is 0 Å². The number of benzene rings is 9. The Labute approximate surface area is 338 Å². The third-order valence-electron chi connectivity index (χ3n) is 12.4. The van der Waals surface area contributed by atoms with E-state index in [0.717, 1.165) is 0 Å². The Morgan fingerprint density at radius 2 is 0.825 bits per heavy atom. The summed E-state index contributed by atoms with van der Waals surface area (Å²) < 4.78 is 0. The monoisotopic (exact) mass is 734 g/mol. The Balaban J connectivity index is 0.00000101. The van der Waals surface area contributed by atoms with E-state index in [-0.39, 0.29) is 5.41 Å². The third kappa shape index (κ3) is 6.07. The summed E-state index contributed by atoms with van der Waals surface area (Å²) in [7, 11) is 0. The molecule has 1 aliphatic carbocycles. The highest BCUT2D eigenvalue weighted by Crippen LogP contribution is 2.54. The summed E-state index contributed by atoms with van der Waals surface area (Å²) in [5.41, 5.74) is 18.2. The summed E-state index contributed by atoms with van der Waals surface area (Å²) in [5.74, 6) is 0. The predicted molar refractivity (Wildman–Crippen MR) is 248 cm³/mol.